The Balaban J connectivity index is 1.82. The van der Waals surface area contributed by atoms with Gasteiger partial charge in [-0.3, -0.25) is 4.79 Å². The van der Waals surface area contributed by atoms with E-state index < -0.39 is 18.0 Å². The molecule has 25 heavy (non-hydrogen) atoms. The molecule has 7 heteroatoms. The van der Waals surface area contributed by atoms with Crippen molar-refractivity contribution in [3.05, 3.63) is 53.0 Å². The number of rotatable bonds is 7. The van der Waals surface area contributed by atoms with Crippen LogP contribution in [-0.4, -0.2) is 31.7 Å². The minimum Gasteiger partial charge on any atom is -0.497 e. The summed E-state index contributed by atoms with van der Waals surface area (Å²) in [5.74, 6) is 0.0713. The fourth-order valence-corrected chi connectivity index (χ4v) is 2.31. The minimum atomic E-state index is -0.954. The van der Waals surface area contributed by atoms with Crippen LogP contribution in [0.2, 0.25) is 0 Å². The van der Waals surface area contributed by atoms with Gasteiger partial charge in [0.1, 0.15) is 11.5 Å². The third-order valence-corrected chi connectivity index (χ3v) is 3.66. The van der Waals surface area contributed by atoms with E-state index in [2.05, 4.69) is 21.2 Å². The number of hydrogen-bond donors (Lipinski definition) is 1. The van der Waals surface area contributed by atoms with Crippen molar-refractivity contribution in [1.29, 1.82) is 0 Å². The van der Waals surface area contributed by atoms with Crippen LogP contribution in [0.5, 0.6) is 11.5 Å². The number of halogens is 1. The first-order valence-electron chi connectivity index (χ1n) is 7.50. The van der Waals surface area contributed by atoms with E-state index in [1.54, 1.807) is 42.5 Å². The molecular weight excluding hydrogens is 390 g/mol. The third kappa shape index (κ3) is 6.11. The lowest BCUT2D eigenvalue weighted by Gasteiger charge is -2.14. The molecule has 2 aromatic carbocycles. The minimum absolute atomic E-state index is 0.284. The fourth-order valence-electron chi connectivity index (χ4n) is 1.93. The summed E-state index contributed by atoms with van der Waals surface area (Å²) < 4.78 is 16.3. The van der Waals surface area contributed by atoms with Crippen LogP contribution in [0.1, 0.15) is 6.92 Å². The summed E-state index contributed by atoms with van der Waals surface area (Å²) in [6.45, 7) is 1.21. The molecule has 0 unspecified atom stereocenters. The third-order valence-electron chi connectivity index (χ3n) is 3.17. The molecular formula is C18H18BrNO5. The summed E-state index contributed by atoms with van der Waals surface area (Å²) in [6, 6.07) is 14.0. The molecule has 1 N–H and O–H groups in total. The number of benzene rings is 2. The molecule has 132 valence electrons. The van der Waals surface area contributed by atoms with E-state index in [-0.39, 0.29) is 6.61 Å². The van der Waals surface area contributed by atoms with Crippen molar-refractivity contribution in [1.82, 2.24) is 0 Å². The summed E-state index contributed by atoms with van der Waals surface area (Å²) in [6.07, 6.45) is -0.954. The first-order chi connectivity index (χ1) is 12.0. The number of hydrogen-bond acceptors (Lipinski definition) is 5. The van der Waals surface area contributed by atoms with Crippen molar-refractivity contribution in [2.24, 2.45) is 0 Å². The van der Waals surface area contributed by atoms with E-state index in [9.17, 15) is 9.59 Å². The van der Waals surface area contributed by atoms with Gasteiger partial charge < -0.3 is 19.5 Å². The number of carbonyl (C=O) groups excluding carboxylic acids is 2. The standard InChI is InChI=1S/C18H18BrNO5/c1-12(18(22)20-14-6-4-7-15(10-14)23-2)25-17(21)11-24-16-8-3-5-13(19)9-16/h3-10,12H,11H2,1-2H3,(H,20,22)/t12-/m0/s1. The predicted molar refractivity (Wildman–Crippen MR) is 96.8 cm³/mol. The molecule has 0 heterocycles. The zero-order valence-electron chi connectivity index (χ0n) is 13.8. The Kier molecular flexibility index (Phi) is 6.82. The first kappa shape index (κ1) is 18.8. The topological polar surface area (TPSA) is 73.9 Å². The van der Waals surface area contributed by atoms with Crippen LogP contribution in [0, 0.1) is 0 Å². The highest BCUT2D eigenvalue weighted by Gasteiger charge is 2.18. The monoisotopic (exact) mass is 407 g/mol. The second-order valence-corrected chi connectivity index (χ2v) is 6.02. The Labute approximate surface area is 154 Å². The first-order valence-corrected chi connectivity index (χ1v) is 8.30. The molecule has 1 atom stereocenters. The van der Waals surface area contributed by atoms with Crippen molar-refractivity contribution in [2.75, 3.05) is 19.0 Å². The van der Waals surface area contributed by atoms with Crippen LogP contribution in [0.25, 0.3) is 0 Å². The van der Waals surface area contributed by atoms with Gasteiger partial charge in [-0.05, 0) is 37.3 Å². The number of carbonyl (C=O) groups is 2. The molecule has 2 aromatic rings. The van der Waals surface area contributed by atoms with Gasteiger partial charge in [-0.25, -0.2) is 4.79 Å². The lowest BCUT2D eigenvalue weighted by Crippen LogP contribution is -2.31. The summed E-state index contributed by atoms with van der Waals surface area (Å²) >= 11 is 3.31. The number of nitrogens with one attached hydrogen (secondary N) is 1. The number of esters is 1. The van der Waals surface area contributed by atoms with Gasteiger partial charge in [0.2, 0.25) is 0 Å². The fraction of sp³-hybridized carbons (Fsp3) is 0.222. The quantitative estimate of drug-likeness (QED) is 0.711. The van der Waals surface area contributed by atoms with Gasteiger partial charge in [0, 0.05) is 16.2 Å². The molecule has 0 fully saturated rings. The maximum absolute atomic E-state index is 12.1. The largest absolute Gasteiger partial charge is 0.497 e. The molecule has 0 saturated heterocycles. The van der Waals surface area contributed by atoms with E-state index in [1.807, 2.05) is 6.07 Å². The van der Waals surface area contributed by atoms with Gasteiger partial charge in [0.15, 0.2) is 12.7 Å². The van der Waals surface area contributed by atoms with Gasteiger partial charge in [-0.2, -0.15) is 0 Å². The Morgan fingerprint density at radius 3 is 2.56 bits per heavy atom. The summed E-state index contributed by atoms with van der Waals surface area (Å²) in [7, 11) is 1.54. The highest BCUT2D eigenvalue weighted by Crippen LogP contribution is 2.18. The lowest BCUT2D eigenvalue weighted by molar-refractivity contribution is -0.155. The molecule has 0 aliphatic rings. The predicted octanol–water partition coefficient (Wildman–Crippen LogP) is 3.41. The Morgan fingerprint density at radius 2 is 1.84 bits per heavy atom. The van der Waals surface area contributed by atoms with E-state index >= 15 is 0 Å². The van der Waals surface area contributed by atoms with Gasteiger partial charge >= 0.3 is 5.97 Å². The van der Waals surface area contributed by atoms with Crippen LogP contribution in [-0.2, 0) is 14.3 Å². The maximum Gasteiger partial charge on any atom is 0.344 e. The van der Waals surface area contributed by atoms with Crippen LogP contribution in [0.4, 0.5) is 5.69 Å². The van der Waals surface area contributed by atoms with Crippen molar-refractivity contribution >= 4 is 33.5 Å². The van der Waals surface area contributed by atoms with Crippen LogP contribution in [0.15, 0.2) is 53.0 Å². The Bertz CT molecular complexity index is 750. The molecule has 0 radical (unpaired) electrons. The Hall–Kier alpha value is -2.54. The van der Waals surface area contributed by atoms with Crippen LogP contribution >= 0.6 is 15.9 Å². The van der Waals surface area contributed by atoms with E-state index in [0.717, 1.165) is 4.47 Å². The average Bonchev–Trinajstić information content (AvgIpc) is 2.60. The molecule has 6 nitrogen and oxygen atoms in total. The molecule has 0 aliphatic carbocycles. The normalized spacial score (nSPS) is 11.3. The smallest absolute Gasteiger partial charge is 0.344 e. The number of amides is 1. The maximum atomic E-state index is 12.1. The average molecular weight is 408 g/mol. The van der Waals surface area contributed by atoms with Gasteiger partial charge in [0.25, 0.3) is 5.91 Å². The van der Waals surface area contributed by atoms with Crippen LogP contribution < -0.4 is 14.8 Å². The molecule has 0 aromatic heterocycles. The van der Waals surface area contributed by atoms with Gasteiger partial charge in [-0.1, -0.05) is 28.1 Å². The molecule has 1 amide bonds. The highest BCUT2D eigenvalue weighted by atomic mass is 79.9. The molecule has 0 spiro atoms. The summed E-state index contributed by atoms with van der Waals surface area (Å²) in [4.78, 5) is 23.9. The summed E-state index contributed by atoms with van der Waals surface area (Å²) in [5, 5.41) is 2.66. The van der Waals surface area contributed by atoms with E-state index in [4.69, 9.17) is 14.2 Å². The zero-order valence-corrected chi connectivity index (χ0v) is 15.4. The lowest BCUT2D eigenvalue weighted by atomic mass is 10.3. The van der Waals surface area contributed by atoms with Gasteiger partial charge in [-0.15, -0.1) is 0 Å². The van der Waals surface area contributed by atoms with Crippen LogP contribution in [0.3, 0.4) is 0 Å². The van der Waals surface area contributed by atoms with E-state index in [0.29, 0.717) is 17.2 Å². The van der Waals surface area contributed by atoms with Crippen molar-refractivity contribution < 1.29 is 23.8 Å². The zero-order chi connectivity index (χ0) is 18.2. The SMILES string of the molecule is COc1cccc(NC(=O)[C@H](C)OC(=O)COc2cccc(Br)c2)c1. The molecule has 0 saturated carbocycles. The Morgan fingerprint density at radius 1 is 1.12 bits per heavy atom. The van der Waals surface area contributed by atoms with Crippen molar-refractivity contribution in [3.8, 4) is 11.5 Å². The second kappa shape index (κ2) is 9.08. The van der Waals surface area contributed by atoms with Crippen molar-refractivity contribution in [2.45, 2.75) is 13.0 Å². The number of ether oxygens (including phenoxy) is 3. The summed E-state index contributed by atoms with van der Waals surface area (Å²) in [5.41, 5.74) is 0.553. The van der Waals surface area contributed by atoms with Gasteiger partial charge in [0.05, 0.1) is 7.11 Å². The molecule has 0 aliphatic heterocycles. The molecule has 0 bridgehead atoms. The number of anilines is 1. The number of methoxy groups -OCH3 is 1. The molecule has 2 rings (SSSR count). The van der Waals surface area contributed by atoms with E-state index in [1.165, 1.54) is 14.0 Å². The second-order valence-electron chi connectivity index (χ2n) is 5.10. The highest BCUT2D eigenvalue weighted by molar-refractivity contribution is 9.10. The van der Waals surface area contributed by atoms with Crippen molar-refractivity contribution in [3.63, 3.8) is 0 Å².